The summed E-state index contributed by atoms with van der Waals surface area (Å²) in [7, 11) is 0. The second-order valence-electron chi connectivity index (χ2n) is 5.50. The molecule has 4 nitrogen and oxygen atoms in total. The summed E-state index contributed by atoms with van der Waals surface area (Å²) in [6.45, 7) is 8.52. The molecule has 1 aromatic carbocycles. The maximum atomic E-state index is 11.5. The Morgan fingerprint density at radius 2 is 2.05 bits per heavy atom. The molecule has 0 bridgehead atoms. The highest BCUT2D eigenvalue weighted by atomic mass is 16.6. The highest BCUT2D eigenvalue weighted by Crippen LogP contribution is 2.17. The molecule has 0 aliphatic carbocycles. The molecule has 1 aromatic rings. The van der Waals surface area contributed by atoms with Crippen LogP contribution >= 0.6 is 0 Å². The largest absolute Gasteiger partial charge is 0.482 e. The second-order valence-corrected chi connectivity index (χ2v) is 5.50. The number of esters is 1. The molecule has 0 aliphatic rings. The standard InChI is InChI=1S/C17H27NO3/c1-4-5-10-20-17(19)13-21-16-9-7-6-8-15(16)12-18-11-14(2)3/h6-9,14,18H,4-5,10-13H2,1-3H3. The van der Waals surface area contributed by atoms with E-state index < -0.39 is 0 Å². The van der Waals surface area contributed by atoms with Crippen LogP contribution in [0.4, 0.5) is 0 Å². The van der Waals surface area contributed by atoms with E-state index in [4.69, 9.17) is 9.47 Å². The number of benzene rings is 1. The van der Waals surface area contributed by atoms with Gasteiger partial charge in [0.25, 0.3) is 0 Å². The van der Waals surface area contributed by atoms with Crippen molar-refractivity contribution in [3.63, 3.8) is 0 Å². The summed E-state index contributed by atoms with van der Waals surface area (Å²) in [5.74, 6) is 1.03. The Labute approximate surface area is 127 Å². The van der Waals surface area contributed by atoms with Crippen LogP contribution in [0.3, 0.4) is 0 Å². The van der Waals surface area contributed by atoms with E-state index in [-0.39, 0.29) is 12.6 Å². The highest BCUT2D eigenvalue weighted by molar-refractivity contribution is 5.71. The quantitative estimate of drug-likeness (QED) is 0.532. The summed E-state index contributed by atoms with van der Waals surface area (Å²) in [4.78, 5) is 11.5. The Kier molecular flexibility index (Phi) is 8.51. The van der Waals surface area contributed by atoms with E-state index in [1.807, 2.05) is 24.3 Å². The zero-order valence-electron chi connectivity index (χ0n) is 13.4. The molecule has 0 radical (unpaired) electrons. The molecular formula is C17H27NO3. The molecule has 4 heteroatoms. The predicted molar refractivity (Wildman–Crippen MR) is 84.3 cm³/mol. The van der Waals surface area contributed by atoms with Crippen LogP contribution in [0.15, 0.2) is 24.3 Å². The van der Waals surface area contributed by atoms with Gasteiger partial charge in [-0.25, -0.2) is 4.79 Å². The summed E-state index contributed by atoms with van der Waals surface area (Å²) < 4.78 is 10.6. The van der Waals surface area contributed by atoms with Gasteiger partial charge >= 0.3 is 5.97 Å². The topological polar surface area (TPSA) is 47.6 Å². The molecule has 1 N–H and O–H groups in total. The number of carbonyl (C=O) groups excluding carboxylic acids is 1. The Hall–Kier alpha value is -1.55. The van der Waals surface area contributed by atoms with Gasteiger partial charge in [-0.2, -0.15) is 0 Å². The van der Waals surface area contributed by atoms with E-state index in [9.17, 15) is 4.79 Å². The number of ether oxygens (including phenoxy) is 2. The molecule has 118 valence electrons. The third-order valence-electron chi connectivity index (χ3n) is 2.95. The van der Waals surface area contributed by atoms with Crippen LogP contribution in [-0.2, 0) is 16.1 Å². The van der Waals surface area contributed by atoms with Gasteiger partial charge in [-0.05, 0) is 24.9 Å². The van der Waals surface area contributed by atoms with Crippen molar-refractivity contribution in [1.29, 1.82) is 0 Å². The molecular weight excluding hydrogens is 266 g/mol. The van der Waals surface area contributed by atoms with Crippen molar-refractivity contribution >= 4 is 5.97 Å². The minimum Gasteiger partial charge on any atom is -0.482 e. The van der Waals surface area contributed by atoms with Gasteiger partial charge in [0.05, 0.1) is 6.61 Å². The lowest BCUT2D eigenvalue weighted by Gasteiger charge is -2.13. The molecule has 0 unspecified atom stereocenters. The Bertz CT molecular complexity index is 418. The smallest absolute Gasteiger partial charge is 0.344 e. The van der Waals surface area contributed by atoms with Crippen molar-refractivity contribution in [3.8, 4) is 5.75 Å². The molecule has 1 rings (SSSR count). The summed E-state index contributed by atoms with van der Waals surface area (Å²) in [5, 5.41) is 3.37. The lowest BCUT2D eigenvalue weighted by Crippen LogP contribution is -2.20. The Morgan fingerprint density at radius 3 is 2.76 bits per heavy atom. The van der Waals surface area contributed by atoms with Crippen LogP contribution in [0.2, 0.25) is 0 Å². The number of nitrogens with one attached hydrogen (secondary N) is 1. The molecule has 0 saturated carbocycles. The van der Waals surface area contributed by atoms with Gasteiger partial charge in [-0.15, -0.1) is 0 Å². The average molecular weight is 293 g/mol. The van der Waals surface area contributed by atoms with Gasteiger partial charge in [-0.1, -0.05) is 45.4 Å². The molecule has 0 spiro atoms. The Balaban J connectivity index is 2.41. The van der Waals surface area contributed by atoms with Crippen molar-refractivity contribution in [3.05, 3.63) is 29.8 Å². The van der Waals surface area contributed by atoms with E-state index in [1.165, 1.54) is 0 Å². The van der Waals surface area contributed by atoms with Crippen LogP contribution in [-0.4, -0.2) is 25.7 Å². The van der Waals surface area contributed by atoms with Gasteiger partial charge in [0, 0.05) is 12.1 Å². The highest BCUT2D eigenvalue weighted by Gasteiger charge is 2.07. The van der Waals surface area contributed by atoms with E-state index in [0.29, 0.717) is 12.5 Å². The lowest BCUT2D eigenvalue weighted by molar-refractivity contribution is -0.146. The molecule has 0 atom stereocenters. The first-order valence-electron chi connectivity index (χ1n) is 7.70. The fourth-order valence-corrected chi connectivity index (χ4v) is 1.79. The van der Waals surface area contributed by atoms with Gasteiger partial charge in [0.15, 0.2) is 6.61 Å². The molecule has 0 aliphatic heterocycles. The van der Waals surface area contributed by atoms with E-state index >= 15 is 0 Å². The van der Waals surface area contributed by atoms with E-state index in [2.05, 4.69) is 26.1 Å². The summed E-state index contributed by atoms with van der Waals surface area (Å²) in [5.41, 5.74) is 1.06. The number of para-hydroxylation sites is 1. The molecule has 0 amide bonds. The van der Waals surface area contributed by atoms with Gasteiger partial charge in [0.1, 0.15) is 5.75 Å². The number of carbonyl (C=O) groups is 1. The maximum absolute atomic E-state index is 11.5. The van der Waals surface area contributed by atoms with Crippen LogP contribution in [0, 0.1) is 5.92 Å². The van der Waals surface area contributed by atoms with E-state index in [0.717, 1.165) is 37.2 Å². The van der Waals surface area contributed by atoms with Crippen molar-refractivity contribution < 1.29 is 14.3 Å². The van der Waals surface area contributed by atoms with Crippen molar-refractivity contribution in [2.75, 3.05) is 19.8 Å². The molecule has 0 heterocycles. The third kappa shape index (κ3) is 7.71. The fraction of sp³-hybridized carbons (Fsp3) is 0.588. The van der Waals surface area contributed by atoms with Crippen molar-refractivity contribution in [1.82, 2.24) is 5.32 Å². The third-order valence-corrected chi connectivity index (χ3v) is 2.95. The van der Waals surface area contributed by atoms with Crippen molar-refractivity contribution in [2.24, 2.45) is 5.92 Å². The monoisotopic (exact) mass is 293 g/mol. The van der Waals surface area contributed by atoms with E-state index in [1.54, 1.807) is 0 Å². The summed E-state index contributed by atoms with van der Waals surface area (Å²) in [6.07, 6.45) is 1.90. The predicted octanol–water partition coefficient (Wildman–Crippen LogP) is 3.15. The first-order valence-corrected chi connectivity index (χ1v) is 7.70. The number of unbranched alkanes of at least 4 members (excludes halogenated alkanes) is 1. The molecule has 21 heavy (non-hydrogen) atoms. The normalized spacial score (nSPS) is 10.7. The molecule has 0 aromatic heterocycles. The zero-order valence-corrected chi connectivity index (χ0v) is 13.4. The first kappa shape index (κ1) is 17.5. The fourth-order valence-electron chi connectivity index (χ4n) is 1.79. The van der Waals surface area contributed by atoms with Crippen molar-refractivity contribution in [2.45, 2.75) is 40.2 Å². The van der Waals surface area contributed by atoms with Gasteiger partial charge in [-0.3, -0.25) is 0 Å². The van der Waals surface area contributed by atoms with Gasteiger partial charge < -0.3 is 14.8 Å². The maximum Gasteiger partial charge on any atom is 0.344 e. The second kappa shape index (κ2) is 10.2. The minimum absolute atomic E-state index is 0.0368. The van der Waals surface area contributed by atoms with Crippen LogP contribution in [0.1, 0.15) is 39.2 Å². The summed E-state index contributed by atoms with van der Waals surface area (Å²) >= 11 is 0. The molecule has 0 fully saturated rings. The SMILES string of the molecule is CCCCOC(=O)COc1ccccc1CNCC(C)C. The zero-order chi connectivity index (χ0) is 15.5. The lowest BCUT2D eigenvalue weighted by atomic mass is 10.2. The molecule has 0 saturated heterocycles. The number of hydrogen-bond acceptors (Lipinski definition) is 4. The van der Waals surface area contributed by atoms with Crippen LogP contribution < -0.4 is 10.1 Å². The van der Waals surface area contributed by atoms with Gasteiger partial charge in [0.2, 0.25) is 0 Å². The average Bonchev–Trinajstić information content (AvgIpc) is 2.46. The first-order chi connectivity index (χ1) is 10.1. The van der Waals surface area contributed by atoms with Crippen LogP contribution in [0.5, 0.6) is 5.75 Å². The minimum atomic E-state index is -0.312. The van der Waals surface area contributed by atoms with Crippen LogP contribution in [0.25, 0.3) is 0 Å². The number of hydrogen-bond donors (Lipinski definition) is 1. The summed E-state index contributed by atoms with van der Waals surface area (Å²) in [6, 6.07) is 7.76. The number of rotatable bonds is 10. The Morgan fingerprint density at radius 1 is 1.29 bits per heavy atom.